The van der Waals surface area contributed by atoms with Crippen LogP contribution in [0.1, 0.15) is 12.1 Å². The molecule has 0 aliphatic heterocycles. The van der Waals surface area contributed by atoms with Gasteiger partial charge in [-0.3, -0.25) is 0 Å². The van der Waals surface area contributed by atoms with Crippen molar-refractivity contribution in [1.82, 2.24) is 14.3 Å². The fourth-order valence-electron chi connectivity index (χ4n) is 1.81. The number of nitrogens with zero attached hydrogens (tertiary/aromatic N) is 3. The number of fused-ring (bicyclic) bond motifs is 1. The van der Waals surface area contributed by atoms with Gasteiger partial charge in [-0.25, -0.2) is 4.98 Å². The molecule has 0 aliphatic rings. The normalized spacial score (nSPS) is 11.5. The maximum Gasteiger partial charge on any atom is 0.137 e. The van der Waals surface area contributed by atoms with Crippen LogP contribution in [0.15, 0.2) is 24.5 Å². The summed E-state index contributed by atoms with van der Waals surface area (Å²) in [6.07, 6.45) is 4.89. The van der Waals surface area contributed by atoms with E-state index in [-0.39, 0.29) is 0 Å². The van der Waals surface area contributed by atoms with Gasteiger partial charge in [0.1, 0.15) is 5.65 Å². The van der Waals surface area contributed by atoms with Crippen LogP contribution in [-0.2, 0) is 6.54 Å². The molecular formula is C12H17ClN4. The topological polar surface area (TPSA) is 46.6 Å². The number of hydrogen-bond donors (Lipinski definition) is 1. The first-order valence-corrected chi connectivity index (χ1v) is 6.08. The van der Waals surface area contributed by atoms with Crippen molar-refractivity contribution in [3.05, 3.63) is 35.2 Å². The number of halogens is 1. The minimum absolute atomic E-state index is 0.720. The molecule has 0 radical (unpaired) electrons. The van der Waals surface area contributed by atoms with Crippen LogP contribution in [0.2, 0.25) is 5.02 Å². The average molecular weight is 253 g/mol. The molecule has 17 heavy (non-hydrogen) atoms. The van der Waals surface area contributed by atoms with Gasteiger partial charge in [-0.15, -0.1) is 0 Å². The third kappa shape index (κ3) is 3.19. The summed E-state index contributed by atoms with van der Waals surface area (Å²) in [7, 11) is 2.08. The second-order valence-electron chi connectivity index (χ2n) is 4.23. The summed E-state index contributed by atoms with van der Waals surface area (Å²) in [6.45, 7) is 2.55. The molecule has 0 aromatic carbocycles. The zero-order chi connectivity index (χ0) is 12.3. The molecule has 2 aromatic heterocycles. The van der Waals surface area contributed by atoms with E-state index < -0.39 is 0 Å². The van der Waals surface area contributed by atoms with Crippen molar-refractivity contribution in [2.24, 2.45) is 5.73 Å². The first-order valence-electron chi connectivity index (χ1n) is 5.71. The van der Waals surface area contributed by atoms with Crippen molar-refractivity contribution >= 4 is 17.2 Å². The highest BCUT2D eigenvalue weighted by molar-refractivity contribution is 6.30. The van der Waals surface area contributed by atoms with E-state index in [0.717, 1.165) is 42.4 Å². The molecule has 0 amide bonds. The van der Waals surface area contributed by atoms with Crippen molar-refractivity contribution in [2.45, 2.75) is 13.0 Å². The predicted octanol–water partition coefficient (Wildman–Crippen LogP) is 1.77. The van der Waals surface area contributed by atoms with Crippen molar-refractivity contribution in [1.29, 1.82) is 0 Å². The highest BCUT2D eigenvalue weighted by atomic mass is 35.5. The Hall–Kier alpha value is -1.10. The van der Waals surface area contributed by atoms with Gasteiger partial charge in [0.2, 0.25) is 0 Å². The summed E-state index contributed by atoms with van der Waals surface area (Å²) in [4.78, 5) is 6.75. The molecule has 0 spiro atoms. The number of pyridine rings is 1. The van der Waals surface area contributed by atoms with E-state index in [0.29, 0.717) is 0 Å². The lowest BCUT2D eigenvalue weighted by Gasteiger charge is -2.13. The standard InChI is InChI=1S/C12H17ClN4/c1-16(6-2-5-14)8-11-9-17-7-10(13)3-4-12(17)15-11/h3-4,7,9H,2,5-6,8,14H2,1H3. The number of nitrogens with two attached hydrogens (primary N) is 1. The Labute approximate surface area is 106 Å². The van der Waals surface area contributed by atoms with Crippen molar-refractivity contribution in [3.63, 3.8) is 0 Å². The molecule has 2 rings (SSSR count). The van der Waals surface area contributed by atoms with Crippen LogP contribution in [0, 0.1) is 0 Å². The van der Waals surface area contributed by atoms with Gasteiger partial charge in [-0.2, -0.15) is 0 Å². The van der Waals surface area contributed by atoms with Crippen LogP contribution in [0.25, 0.3) is 5.65 Å². The van der Waals surface area contributed by atoms with E-state index in [4.69, 9.17) is 17.3 Å². The van der Waals surface area contributed by atoms with Gasteiger partial charge in [0.25, 0.3) is 0 Å². The average Bonchev–Trinajstić information content (AvgIpc) is 2.67. The van der Waals surface area contributed by atoms with Crippen molar-refractivity contribution < 1.29 is 0 Å². The van der Waals surface area contributed by atoms with E-state index >= 15 is 0 Å². The Morgan fingerprint density at radius 3 is 3.00 bits per heavy atom. The van der Waals surface area contributed by atoms with Crippen LogP contribution in [0.5, 0.6) is 0 Å². The molecule has 0 unspecified atom stereocenters. The minimum Gasteiger partial charge on any atom is -0.330 e. The predicted molar refractivity (Wildman–Crippen MR) is 70.2 cm³/mol. The fourth-order valence-corrected chi connectivity index (χ4v) is 1.98. The van der Waals surface area contributed by atoms with Crippen LogP contribution in [0.4, 0.5) is 0 Å². The smallest absolute Gasteiger partial charge is 0.137 e. The summed E-state index contributed by atoms with van der Waals surface area (Å²) in [5.74, 6) is 0. The van der Waals surface area contributed by atoms with E-state index in [1.807, 2.05) is 28.9 Å². The molecule has 0 aliphatic carbocycles. The zero-order valence-electron chi connectivity index (χ0n) is 9.93. The summed E-state index contributed by atoms with van der Waals surface area (Å²) >= 11 is 5.93. The lowest BCUT2D eigenvalue weighted by atomic mass is 10.3. The molecule has 92 valence electrons. The molecule has 0 bridgehead atoms. The Morgan fingerprint density at radius 1 is 1.41 bits per heavy atom. The summed E-state index contributed by atoms with van der Waals surface area (Å²) < 4.78 is 1.95. The minimum atomic E-state index is 0.720. The fraction of sp³-hybridized carbons (Fsp3) is 0.417. The highest BCUT2D eigenvalue weighted by Gasteiger charge is 2.05. The zero-order valence-corrected chi connectivity index (χ0v) is 10.7. The van der Waals surface area contributed by atoms with Crippen molar-refractivity contribution in [3.8, 4) is 0 Å². The van der Waals surface area contributed by atoms with Gasteiger partial charge in [-0.1, -0.05) is 11.6 Å². The van der Waals surface area contributed by atoms with Gasteiger partial charge in [0, 0.05) is 18.9 Å². The van der Waals surface area contributed by atoms with Crippen LogP contribution in [0.3, 0.4) is 0 Å². The van der Waals surface area contributed by atoms with E-state index in [1.54, 1.807) is 0 Å². The number of hydrogen-bond acceptors (Lipinski definition) is 3. The molecule has 2 N–H and O–H groups in total. The van der Waals surface area contributed by atoms with E-state index in [2.05, 4.69) is 16.9 Å². The Morgan fingerprint density at radius 2 is 2.24 bits per heavy atom. The first kappa shape index (κ1) is 12.4. The number of imidazole rings is 1. The second kappa shape index (κ2) is 5.49. The second-order valence-corrected chi connectivity index (χ2v) is 4.66. The summed E-state index contributed by atoms with van der Waals surface area (Å²) in [5.41, 5.74) is 7.46. The Kier molecular flexibility index (Phi) is 3.99. The Balaban J connectivity index is 2.08. The number of rotatable bonds is 5. The SMILES string of the molecule is CN(CCCN)Cc1cn2cc(Cl)ccc2n1. The van der Waals surface area contributed by atoms with Gasteiger partial charge >= 0.3 is 0 Å². The maximum atomic E-state index is 5.93. The molecule has 5 heteroatoms. The molecule has 0 saturated carbocycles. The molecule has 0 saturated heterocycles. The highest BCUT2D eigenvalue weighted by Crippen LogP contribution is 2.12. The van der Waals surface area contributed by atoms with Crippen LogP contribution >= 0.6 is 11.6 Å². The van der Waals surface area contributed by atoms with Crippen LogP contribution < -0.4 is 5.73 Å². The lowest BCUT2D eigenvalue weighted by Crippen LogP contribution is -2.21. The monoisotopic (exact) mass is 252 g/mol. The molecule has 4 nitrogen and oxygen atoms in total. The Bertz CT molecular complexity index is 494. The summed E-state index contributed by atoms with van der Waals surface area (Å²) in [5, 5.41) is 0.720. The molecule has 2 aromatic rings. The molecule has 0 fully saturated rings. The number of aromatic nitrogens is 2. The first-order chi connectivity index (χ1) is 8.19. The lowest BCUT2D eigenvalue weighted by molar-refractivity contribution is 0.321. The third-order valence-electron chi connectivity index (χ3n) is 2.64. The largest absolute Gasteiger partial charge is 0.330 e. The van der Waals surface area contributed by atoms with Crippen molar-refractivity contribution in [2.75, 3.05) is 20.1 Å². The third-order valence-corrected chi connectivity index (χ3v) is 2.86. The molecule has 2 heterocycles. The molecule has 0 atom stereocenters. The van der Waals surface area contributed by atoms with Gasteiger partial charge in [0.05, 0.1) is 10.7 Å². The summed E-state index contributed by atoms with van der Waals surface area (Å²) in [6, 6.07) is 3.78. The van der Waals surface area contributed by atoms with Gasteiger partial charge in [0.15, 0.2) is 0 Å². The van der Waals surface area contributed by atoms with E-state index in [9.17, 15) is 0 Å². The quantitative estimate of drug-likeness (QED) is 0.882. The maximum absolute atomic E-state index is 5.93. The van der Waals surface area contributed by atoms with Gasteiger partial charge in [-0.05, 0) is 38.7 Å². The van der Waals surface area contributed by atoms with Crippen LogP contribution in [-0.4, -0.2) is 34.4 Å². The van der Waals surface area contributed by atoms with Gasteiger partial charge < -0.3 is 15.0 Å². The molecular weight excluding hydrogens is 236 g/mol. The van der Waals surface area contributed by atoms with E-state index in [1.165, 1.54) is 0 Å².